The van der Waals surface area contributed by atoms with E-state index in [0.29, 0.717) is 16.7 Å². The number of H-pyrrole nitrogens is 1. The SMILES string of the molecule is CCS(=O)(=O)c1ccc(OC)c(-c2ccc(CN3CCC[C@@H]3c3ccccc3)[nH]2)c1. The van der Waals surface area contributed by atoms with Crippen molar-refractivity contribution in [2.75, 3.05) is 19.4 Å². The number of nitrogens with zero attached hydrogens (tertiary/aromatic N) is 1. The highest BCUT2D eigenvalue weighted by Gasteiger charge is 2.26. The molecule has 0 amide bonds. The predicted molar refractivity (Wildman–Crippen MR) is 119 cm³/mol. The summed E-state index contributed by atoms with van der Waals surface area (Å²) in [5.74, 6) is 0.728. The number of hydrogen-bond acceptors (Lipinski definition) is 4. The van der Waals surface area contributed by atoms with Crippen molar-refractivity contribution in [2.24, 2.45) is 0 Å². The number of sulfone groups is 1. The molecule has 30 heavy (non-hydrogen) atoms. The van der Waals surface area contributed by atoms with Gasteiger partial charge in [0.2, 0.25) is 0 Å². The zero-order chi connectivity index (χ0) is 21.1. The number of aromatic amines is 1. The summed E-state index contributed by atoms with van der Waals surface area (Å²) >= 11 is 0. The van der Waals surface area contributed by atoms with Crippen molar-refractivity contribution in [3.63, 3.8) is 0 Å². The van der Waals surface area contributed by atoms with Crippen molar-refractivity contribution in [1.29, 1.82) is 0 Å². The molecule has 1 aliphatic rings. The van der Waals surface area contributed by atoms with E-state index >= 15 is 0 Å². The molecule has 1 fully saturated rings. The molecule has 2 aromatic carbocycles. The van der Waals surface area contributed by atoms with E-state index in [1.165, 1.54) is 18.4 Å². The van der Waals surface area contributed by atoms with Crippen LogP contribution in [0, 0.1) is 0 Å². The van der Waals surface area contributed by atoms with Crippen LogP contribution in [0.5, 0.6) is 5.75 Å². The molecular weight excluding hydrogens is 396 g/mol. The molecule has 0 aliphatic carbocycles. The first-order valence-electron chi connectivity index (χ1n) is 10.4. The zero-order valence-corrected chi connectivity index (χ0v) is 18.3. The zero-order valence-electron chi connectivity index (χ0n) is 17.5. The lowest BCUT2D eigenvalue weighted by Crippen LogP contribution is -2.22. The molecule has 1 aromatic heterocycles. The first-order chi connectivity index (χ1) is 14.5. The van der Waals surface area contributed by atoms with Gasteiger partial charge in [0.15, 0.2) is 9.84 Å². The van der Waals surface area contributed by atoms with Gasteiger partial charge in [-0.25, -0.2) is 8.42 Å². The molecule has 0 bridgehead atoms. The van der Waals surface area contributed by atoms with Crippen LogP contribution in [-0.2, 0) is 16.4 Å². The van der Waals surface area contributed by atoms with Crippen LogP contribution < -0.4 is 4.74 Å². The highest BCUT2D eigenvalue weighted by atomic mass is 32.2. The second kappa shape index (κ2) is 8.66. The third-order valence-corrected chi connectivity index (χ3v) is 7.60. The van der Waals surface area contributed by atoms with Crippen molar-refractivity contribution in [2.45, 2.75) is 37.2 Å². The fraction of sp³-hybridized carbons (Fsp3) is 0.333. The van der Waals surface area contributed by atoms with Gasteiger partial charge in [0.25, 0.3) is 0 Å². The van der Waals surface area contributed by atoms with E-state index < -0.39 is 9.84 Å². The Hall–Kier alpha value is -2.57. The van der Waals surface area contributed by atoms with Crippen LogP contribution in [0.15, 0.2) is 65.6 Å². The summed E-state index contributed by atoms with van der Waals surface area (Å²) in [6, 6.07) is 20.2. The lowest BCUT2D eigenvalue weighted by Gasteiger charge is -2.24. The van der Waals surface area contributed by atoms with Crippen LogP contribution in [-0.4, -0.2) is 37.7 Å². The summed E-state index contributed by atoms with van der Waals surface area (Å²) in [5, 5.41) is 0. The van der Waals surface area contributed by atoms with Gasteiger partial charge in [-0.1, -0.05) is 37.3 Å². The Morgan fingerprint density at radius 3 is 2.63 bits per heavy atom. The quantitative estimate of drug-likeness (QED) is 0.591. The van der Waals surface area contributed by atoms with Crippen molar-refractivity contribution in [1.82, 2.24) is 9.88 Å². The number of likely N-dealkylation sites (tertiary alicyclic amines) is 1. The second-order valence-electron chi connectivity index (χ2n) is 7.70. The largest absolute Gasteiger partial charge is 0.496 e. The molecule has 0 saturated carbocycles. The van der Waals surface area contributed by atoms with Crippen molar-refractivity contribution in [3.05, 3.63) is 71.9 Å². The fourth-order valence-corrected chi connectivity index (χ4v) is 5.14. The van der Waals surface area contributed by atoms with Gasteiger partial charge in [-0.05, 0) is 55.3 Å². The Balaban J connectivity index is 1.59. The number of aromatic nitrogens is 1. The highest BCUT2D eigenvalue weighted by molar-refractivity contribution is 7.91. The number of rotatable bonds is 7. The van der Waals surface area contributed by atoms with E-state index in [4.69, 9.17) is 4.74 Å². The summed E-state index contributed by atoms with van der Waals surface area (Å²) in [6.45, 7) is 3.56. The molecule has 5 nitrogen and oxygen atoms in total. The first kappa shape index (κ1) is 20.7. The summed E-state index contributed by atoms with van der Waals surface area (Å²) < 4.78 is 30.2. The van der Waals surface area contributed by atoms with Crippen LogP contribution in [0.4, 0.5) is 0 Å². The molecule has 0 spiro atoms. The Morgan fingerprint density at radius 2 is 1.90 bits per heavy atom. The van der Waals surface area contributed by atoms with E-state index in [-0.39, 0.29) is 5.75 Å². The third-order valence-electron chi connectivity index (χ3n) is 5.87. The standard InChI is InChI=1S/C24H28N2O3S/c1-3-30(27,28)20-12-14-24(29-2)21(16-20)22-13-11-19(25-22)17-26-15-7-10-23(26)18-8-5-4-6-9-18/h4-6,8-9,11-14,16,23,25H,3,7,10,15,17H2,1-2H3/t23-/m1/s1. The summed E-state index contributed by atoms with van der Waals surface area (Å²) in [4.78, 5) is 6.30. The molecular formula is C24H28N2O3S. The van der Waals surface area contributed by atoms with E-state index in [0.717, 1.165) is 30.0 Å². The number of methoxy groups -OCH3 is 1. The average molecular weight is 425 g/mol. The first-order valence-corrected chi connectivity index (χ1v) is 12.0. The number of ether oxygens (including phenoxy) is 1. The van der Waals surface area contributed by atoms with Crippen molar-refractivity contribution < 1.29 is 13.2 Å². The van der Waals surface area contributed by atoms with Gasteiger partial charge in [0, 0.05) is 29.5 Å². The van der Waals surface area contributed by atoms with Crippen LogP contribution in [0.25, 0.3) is 11.3 Å². The number of nitrogens with one attached hydrogen (secondary N) is 1. The monoisotopic (exact) mass is 424 g/mol. The normalized spacial score (nSPS) is 17.3. The minimum Gasteiger partial charge on any atom is -0.496 e. The van der Waals surface area contributed by atoms with E-state index in [9.17, 15) is 8.42 Å². The molecule has 1 atom stereocenters. The molecule has 1 N–H and O–H groups in total. The van der Waals surface area contributed by atoms with Crippen molar-refractivity contribution >= 4 is 9.84 Å². The Labute approximate surface area is 178 Å². The molecule has 2 heterocycles. The molecule has 3 aromatic rings. The number of hydrogen-bond donors (Lipinski definition) is 1. The molecule has 0 radical (unpaired) electrons. The average Bonchev–Trinajstić information content (AvgIpc) is 3.44. The minimum atomic E-state index is -3.28. The van der Waals surface area contributed by atoms with E-state index in [1.807, 2.05) is 6.07 Å². The van der Waals surface area contributed by atoms with Crippen LogP contribution >= 0.6 is 0 Å². The molecule has 4 rings (SSSR count). The van der Waals surface area contributed by atoms with E-state index in [1.54, 1.807) is 32.2 Å². The van der Waals surface area contributed by atoms with Crippen molar-refractivity contribution in [3.8, 4) is 17.0 Å². The van der Waals surface area contributed by atoms with Crippen LogP contribution in [0.1, 0.15) is 37.1 Å². The maximum Gasteiger partial charge on any atom is 0.178 e. The van der Waals surface area contributed by atoms with E-state index in [2.05, 4.69) is 46.3 Å². The fourth-order valence-electron chi connectivity index (χ4n) is 4.23. The Kier molecular flexibility index (Phi) is 5.97. The molecule has 158 valence electrons. The maximum absolute atomic E-state index is 12.3. The summed E-state index contributed by atoms with van der Waals surface area (Å²) in [6.07, 6.45) is 2.36. The Morgan fingerprint density at radius 1 is 1.10 bits per heavy atom. The topological polar surface area (TPSA) is 62.4 Å². The Bertz CT molecular complexity index is 1110. The maximum atomic E-state index is 12.3. The van der Waals surface area contributed by atoms with Gasteiger partial charge < -0.3 is 9.72 Å². The lowest BCUT2D eigenvalue weighted by molar-refractivity contribution is 0.246. The third kappa shape index (κ3) is 4.16. The van der Waals surface area contributed by atoms with Gasteiger partial charge >= 0.3 is 0 Å². The van der Waals surface area contributed by atoms with Gasteiger partial charge in [0.05, 0.1) is 17.8 Å². The molecule has 1 saturated heterocycles. The predicted octanol–water partition coefficient (Wildman–Crippen LogP) is 4.82. The molecule has 1 aliphatic heterocycles. The van der Waals surface area contributed by atoms with Gasteiger partial charge in [0.1, 0.15) is 5.75 Å². The summed E-state index contributed by atoms with van der Waals surface area (Å²) in [5.41, 5.74) is 4.10. The minimum absolute atomic E-state index is 0.0740. The smallest absolute Gasteiger partial charge is 0.178 e. The van der Waals surface area contributed by atoms with Crippen LogP contribution in [0.2, 0.25) is 0 Å². The second-order valence-corrected chi connectivity index (χ2v) is 9.98. The van der Waals surface area contributed by atoms with Gasteiger partial charge in [-0.15, -0.1) is 0 Å². The number of benzene rings is 2. The summed E-state index contributed by atoms with van der Waals surface area (Å²) in [7, 11) is -1.68. The lowest BCUT2D eigenvalue weighted by atomic mass is 10.0. The highest BCUT2D eigenvalue weighted by Crippen LogP contribution is 2.35. The van der Waals surface area contributed by atoms with Gasteiger partial charge in [-0.3, -0.25) is 4.90 Å². The van der Waals surface area contributed by atoms with Gasteiger partial charge in [-0.2, -0.15) is 0 Å². The molecule has 0 unspecified atom stereocenters. The molecule has 6 heteroatoms. The van der Waals surface area contributed by atoms with Crippen LogP contribution in [0.3, 0.4) is 0 Å².